The van der Waals surface area contributed by atoms with E-state index in [1.165, 1.54) is 11.1 Å². The number of nitrogens with zero attached hydrogens (tertiary/aromatic N) is 4. The molecule has 0 aliphatic carbocycles. The average Bonchev–Trinajstić information content (AvgIpc) is 3.41. The molecule has 2 aromatic rings. The minimum absolute atomic E-state index is 0. The summed E-state index contributed by atoms with van der Waals surface area (Å²) in [6.07, 6.45) is 6.34. The van der Waals surface area contributed by atoms with Gasteiger partial charge in [0.2, 0.25) is 0 Å². The summed E-state index contributed by atoms with van der Waals surface area (Å²) < 4.78 is 13.6. The normalized spacial score (nSPS) is 17.2. The average molecular weight is 556 g/mol. The van der Waals surface area contributed by atoms with Crippen LogP contribution in [-0.4, -0.2) is 67.6 Å². The number of hydrogen-bond donors (Lipinski definition) is 2. The summed E-state index contributed by atoms with van der Waals surface area (Å²) in [5.74, 6) is 1.65. The fourth-order valence-electron chi connectivity index (χ4n) is 3.70. The van der Waals surface area contributed by atoms with Crippen molar-refractivity contribution < 1.29 is 9.47 Å². The second kappa shape index (κ2) is 13.0. The lowest BCUT2D eigenvalue weighted by Crippen LogP contribution is -2.41. The lowest BCUT2D eigenvalue weighted by Gasteiger charge is -2.24. The van der Waals surface area contributed by atoms with Crippen LogP contribution in [-0.2, 0) is 18.3 Å². The van der Waals surface area contributed by atoms with Crippen molar-refractivity contribution in [3.63, 3.8) is 0 Å². The first-order valence-corrected chi connectivity index (χ1v) is 10.9. The van der Waals surface area contributed by atoms with Crippen LogP contribution in [0.4, 0.5) is 0 Å². The zero-order valence-corrected chi connectivity index (χ0v) is 22.1. The molecule has 0 amide bonds. The second-order valence-electron chi connectivity index (χ2n) is 8.29. The Bertz CT molecular complexity index is 864. The lowest BCUT2D eigenvalue weighted by molar-refractivity contribution is 0.0676. The number of aliphatic imine (C=N–C) groups is 1. The zero-order chi connectivity index (χ0) is 22.2. The largest absolute Gasteiger partial charge is 0.491 e. The van der Waals surface area contributed by atoms with Crippen molar-refractivity contribution in [2.45, 2.75) is 38.5 Å². The Morgan fingerprint density at radius 1 is 1.38 bits per heavy atom. The van der Waals surface area contributed by atoms with Gasteiger partial charge < -0.3 is 25.0 Å². The van der Waals surface area contributed by atoms with E-state index in [0.717, 1.165) is 36.7 Å². The molecular formula is C23H37IN6O2. The standard InChI is InChI=1S/C23H36N6O2.HI/c1-17-8-9-18(22(11-17)31-16-20-7-6-10-30-20)12-25-23(24-2)26-14-21(28(3)4)19-13-27-29(5)15-19;/h8-9,11,13,15,20-21H,6-7,10,12,14,16H2,1-5H3,(H2,24,25,26);1H. The SMILES string of the molecule is CN=C(NCc1ccc(C)cc1OCC1CCCO1)NCC(c1cnn(C)c1)N(C)C.I. The Hall–Kier alpha value is -1.85. The van der Waals surface area contributed by atoms with Crippen LogP contribution < -0.4 is 15.4 Å². The molecule has 2 heterocycles. The summed E-state index contributed by atoms with van der Waals surface area (Å²) >= 11 is 0. The fourth-order valence-corrected chi connectivity index (χ4v) is 3.70. The van der Waals surface area contributed by atoms with Crippen molar-refractivity contribution in [2.24, 2.45) is 12.0 Å². The van der Waals surface area contributed by atoms with E-state index in [9.17, 15) is 0 Å². The van der Waals surface area contributed by atoms with Crippen molar-refractivity contribution in [1.82, 2.24) is 25.3 Å². The van der Waals surface area contributed by atoms with Gasteiger partial charge in [-0.05, 0) is 45.5 Å². The Kier molecular flexibility index (Phi) is 10.7. The predicted octanol–water partition coefficient (Wildman–Crippen LogP) is 2.87. The summed E-state index contributed by atoms with van der Waals surface area (Å²) in [7, 11) is 7.86. The molecule has 2 atom stereocenters. The molecule has 0 radical (unpaired) electrons. The molecule has 1 aliphatic rings. The first-order valence-electron chi connectivity index (χ1n) is 10.9. The molecule has 1 aliphatic heterocycles. The number of likely N-dealkylation sites (N-methyl/N-ethyl adjacent to an activating group) is 1. The molecule has 9 heteroatoms. The molecule has 0 bridgehead atoms. The number of ether oxygens (including phenoxy) is 2. The molecule has 1 aromatic heterocycles. The fraction of sp³-hybridized carbons (Fsp3) is 0.565. The number of benzene rings is 1. The van der Waals surface area contributed by atoms with E-state index in [2.05, 4.69) is 64.8 Å². The van der Waals surface area contributed by atoms with E-state index in [1.807, 2.05) is 24.1 Å². The van der Waals surface area contributed by atoms with Crippen molar-refractivity contribution in [3.8, 4) is 5.75 Å². The molecule has 2 N–H and O–H groups in total. The highest BCUT2D eigenvalue weighted by molar-refractivity contribution is 14.0. The van der Waals surface area contributed by atoms with Crippen molar-refractivity contribution in [2.75, 3.05) is 40.9 Å². The van der Waals surface area contributed by atoms with Crippen LogP contribution in [0.1, 0.15) is 35.6 Å². The third-order valence-electron chi connectivity index (χ3n) is 5.54. The molecule has 1 aromatic carbocycles. The van der Waals surface area contributed by atoms with Gasteiger partial charge in [0.25, 0.3) is 0 Å². The summed E-state index contributed by atoms with van der Waals surface area (Å²) in [6.45, 7) is 4.86. The van der Waals surface area contributed by atoms with Gasteiger partial charge in [-0.3, -0.25) is 9.67 Å². The van der Waals surface area contributed by atoms with Crippen molar-refractivity contribution >= 4 is 29.9 Å². The number of rotatable bonds is 9. The molecule has 0 saturated carbocycles. The molecule has 178 valence electrons. The molecule has 8 nitrogen and oxygen atoms in total. The maximum atomic E-state index is 6.12. The summed E-state index contributed by atoms with van der Waals surface area (Å²) in [5, 5.41) is 11.1. The molecule has 1 fully saturated rings. The van der Waals surface area contributed by atoms with Crippen LogP contribution in [0.25, 0.3) is 0 Å². The topological polar surface area (TPSA) is 75.9 Å². The number of aromatic nitrogens is 2. The quantitative estimate of drug-likeness (QED) is 0.281. The van der Waals surface area contributed by atoms with Gasteiger partial charge in [-0.15, -0.1) is 24.0 Å². The number of guanidine groups is 1. The third kappa shape index (κ3) is 7.63. The molecule has 2 unspecified atom stereocenters. The van der Waals surface area contributed by atoms with Crippen LogP contribution >= 0.6 is 24.0 Å². The van der Waals surface area contributed by atoms with E-state index in [0.29, 0.717) is 19.7 Å². The van der Waals surface area contributed by atoms with Gasteiger partial charge in [0, 0.05) is 51.1 Å². The van der Waals surface area contributed by atoms with Crippen molar-refractivity contribution in [3.05, 3.63) is 47.3 Å². The second-order valence-corrected chi connectivity index (χ2v) is 8.29. The number of hydrogen-bond acceptors (Lipinski definition) is 5. The third-order valence-corrected chi connectivity index (χ3v) is 5.54. The highest BCUT2D eigenvalue weighted by atomic mass is 127. The van der Waals surface area contributed by atoms with Crippen LogP contribution in [0, 0.1) is 6.92 Å². The minimum atomic E-state index is 0. The number of halogens is 1. The molecule has 1 saturated heterocycles. The highest BCUT2D eigenvalue weighted by Crippen LogP contribution is 2.22. The highest BCUT2D eigenvalue weighted by Gasteiger charge is 2.18. The van der Waals surface area contributed by atoms with Crippen LogP contribution in [0.2, 0.25) is 0 Å². The van der Waals surface area contributed by atoms with Crippen LogP contribution in [0.5, 0.6) is 5.75 Å². The zero-order valence-electron chi connectivity index (χ0n) is 19.8. The van der Waals surface area contributed by atoms with Gasteiger partial charge >= 0.3 is 0 Å². The first-order chi connectivity index (χ1) is 15.0. The van der Waals surface area contributed by atoms with Crippen LogP contribution in [0.15, 0.2) is 35.6 Å². The summed E-state index contributed by atoms with van der Waals surface area (Å²) in [6, 6.07) is 6.50. The van der Waals surface area contributed by atoms with Gasteiger partial charge in [-0.25, -0.2) is 0 Å². The molecular weight excluding hydrogens is 519 g/mol. The van der Waals surface area contributed by atoms with Crippen molar-refractivity contribution in [1.29, 1.82) is 0 Å². The Morgan fingerprint density at radius 2 is 2.19 bits per heavy atom. The Morgan fingerprint density at radius 3 is 2.81 bits per heavy atom. The van der Waals surface area contributed by atoms with Gasteiger partial charge in [0.1, 0.15) is 12.4 Å². The van der Waals surface area contributed by atoms with Gasteiger partial charge in [0.05, 0.1) is 18.3 Å². The van der Waals surface area contributed by atoms with E-state index in [4.69, 9.17) is 9.47 Å². The number of aryl methyl sites for hydroxylation is 2. The van der Waals surface area contributed by atoms with Gasteiger partial charge in [0.15, 0.2) is 5.96 Å². The number of nitrogens with one attached hydrogen (secondary N) is 2. The molecule has 0 spiro atoms. The lowest BCUT2D eigenvalue weighted by atomic mass is 10.1. The van der Waals surface area contributed by atoms with E-state index >= 15 is 0 Å². The van der Waals surface area contributed by atoms with Crippen LogP contribution in [0.3, 0.4) is 0 Å². The molecule has 32 heavy (non-hydrogen) atoms. The maximum absolute atomic E-state index is 6.12. The maximum Gasteiger partial charge on any atom is 0.191 e. The van der Waals surface area contributed by atoms with Gasteiger partial charge in [-0.1, -0.05) is 12.1 Å². The molecule has 3 rings (SSSR count). The Labute approximate surface area is 208 Å². The van der Waals surface area contributed by atoms with E-state index in [1.54, 1.807) is 7.05 Å². The minimum Gasteiger partial charge on any atom is -0.491 e. The Balaban J connectivity index is 0.00000363. The van der Waals surface area contributed by atoms with Gasteiger partial charge in [-0.2, -0.15) is 5.10 Å². The van der Waals surface area contributed by atoms with E-state index < -0.39 is 0 Å². The van der Waals surface area contributed by atoms with E-state index in [-0.39, 0.29) is 36.1 Å². The summed E-state index contributed by atoms with van der Waals surface area (Å²) in [5.41, 5.74) is 3.45. The predicted molar refractivity (Wildman–Crippen MR) is 139 cm³/mol. The monoisotopic (exact) mass is 556 g/mol. The summed E-state index contributed by atoms with van der Waals surface area (Å²) in [4.78, 5) is 6.56. The smallest absolute Gasteiger partial charge is 0.191 e. The first kappa shape index (κ1) is 26.4.